The highest BCUT2D eigenvalue weighted by Gasteiger charge is 2.34. The molecule has 134 valence electrons. The second kappa shape index (κ2) is 7.72. The van der Waals surface area contributed by atoms with Gasteiger partial charge in [0.25, 0.3) is 5.91 Å². The zero-order valence-corrected chi connectivity index (χ0v) is 16.2. The van der Waals surface area contributed by atoms with Gasteiger partial charge in [-0.25, -0.2) is 4.39 Å². The third-order valence-corrected chi connectivity index (χ3v) is 5.95. The van der Waals surface area contributed by atoms with Crippen LogP contribution in [0.25, 0.3) is 6.08 Å². The van der Waals surface area contributed by atoms with E-state index in [0.29, 0.717) is 15.0 Å². The van der Waals surface area contributed by atoms with Gasteiger partial charge < -0.3 is 4.42 Å². The van der Waals surface area contributed by atoms with Crippen molar-refractivity contribution in [2.24, 2.45) is 0 Å². The van der Waals surface area contributed by atoms with Crippen LogP contribution in [-0.4, -0.2) is 10.2 Å². The van der Waals surface area contributed by atoms with Gasteiger partial charge in [0.2, 0.25) is 0 Å². The molecule has 1 amide bonds. The smallest absolute Gasteiger partial charge is 0.270 e. The molecular formula is C20H12FNO2S3. The number of thioether (sulfide) groups is 1. The molecule has 0 aliphatic carbocycles. The SMILES string of the molecule is O=C1/C(=C\c2ccc(Sc3ccccc3)o2)SC(=S)N1c1ccccc1F. The maximum absolute atomic E-state index is 14.0. The largest absolute Gasteiger partial charge is 0.450 e. The molecule has 0 spiro atoms. The Morgan fingerprint density at radius 2 is 1.78 bits per heavy atom. The van der Waals surface area contributed by atoms with Crippen molar-refractivity contribution in [1.82, 2.24) is 0 Å². The number of carbonyl (C=O) groups is 1. The van der Waals surface area contributed by atoms with E-state index in [1.165, 1.54) is 28.8 Å². The molecule has 0 N–H and O–H groups in total. The molecule has 1 aliphatic rings. The summed E-state index contributed by atoms with van der Waals surface area (Å²) in [6.45, 7) is 0. The van der Waals surface area contributed by atoms with Crippen molar-refractivity contribution in [3.05, 3.63) is 83.2 Å². The second-order valence-corrected chi connectivity index (χ2v) is 8.29. The van der Waals surface area contributed by atoms with Crippen molar-refractivity contribution >= 4 is 57.7 Å². The minimum absolute atomic E-state index is 0.156. The van der Waals surface area contributed by atoms with Crippen LogP contribution >= 0.6 is 35.7 Å². The predicted molar refractivity (Wildman–Crippen MR) is 111 cm³/mol. The Bertz CT molecular complexity index is 1050. The standard InChI is InChI=1S/C20H12FNO2S3/c21-15-8-4-5-9-16(15)22-19(23)17(27-20(22)25)12-13-10-11-18(24-13)26-14-6-2-1-3-7-14/h1-12H/b17-12+. The Balaban J connectivity index is 1.56. The lowest BCUT2D eigenvalue weighted by atomic mass is 10.2. The normalized spacial score (nSPS) is 15.7. The summed E-state index contributed by atoms with van der Waals surface area (Å²) in [5.74, 6) is -0.305. The zero-order chi connectivity index (χ0) is 18.8. The number of para-hydroxylation sites is 1. The van der Waals surface area contributed by atoms with E-state index < -0.39 is 5.82 Å². The number of hydrogen-bond donors (Lipinski definition) is 0. The van der Waals surface area contributed by atoms with Crippen molar-refractivity contribution in [1.29, 1.82) is 0 Å². The molecule has 1 fully saturated rings. The fourth-order valence-corrected chi connectivity index (χ4v) is 4.57. The van der Waals surface area contributed by atoms with E-state index in [0.717, 1.165) is 21.7 Å². The summed E-state index contributed by atoms with van der Waals surface area (Å²) in [6.07, 6.45) is 1.63. The van der Waals surface area contributed by atoms with Crippen molar-refractivity contribution in [2.75, 3.05) is 4.90 Å². The van der Waals surface area contributed by atoms with Gasteiger partial charge in [-0.3, -0.25) is 9.69 Å². The topological polar surface area (TPSA) is 33.5 Å². The van der Waals surface area contributed by atoms with Crippen LogP contribution in [0.3, 0.4) is 0 Å². The van der Waals surface area contributed by atoms with E-state index >= 15 is 0 Å². The number of furan rings is 1. The lowest BCUT2D eigenvalue weighted by molar-refractivity contribution is -0.113. The predicted octanol–water partition coefficient (Wildman–Crippen LogP) is 5.98. The Morgan fingerprint density at radius 3 is 2.56 bits per heavy atom. The molecule has 27 heavy (non-hydrogen) atoms. The first-order chi connectivity index (χ1) is 13.1. The van der Waals surface area contributed by atoms with Crippen LogP contribution in [0.4, 0.5) is 10.1 Å². The van der Waals surface area contributed by atoms with Crippen molar-refractivity contribution in [3.63, 3.8) is 0 Å². The number of rotatable bonds is 4. The average molecular weight is 414 g/mol. The molecule has 0 radical (unpaired) electrons. The second-order valence-electron chi connectivity index (χ2n) is 5.54. The van der Waals surface area contributed by atoms with Gasteiger partial charge in [-0.1, -0.05) is 66.1 Å². The molecule has 4 rings (SSSR count). The van der Waals surface area contributed by atoms with Gasteiger partial charge in [-0.05, 0) is 36.4 Å². The lowest BCUT2D eigenvalue weighted by Gasteiger charge is -2.14. The van der Waals surface area contributed by atoms with Gasteiger partial charge in [0.15, 0.2) is 9.41 Å². The summed E-state index contributed by atoms with van der Waals surface area (Å²) in [7, 11) is 0. The highest BCUT2D eigenvalue weighted by atomic mass is 32.2. The fraction of sp³-hybridized carbons (Fsp3) is 0. The summed E-state index contributed by atoms with van der Waals surface area (Å²) in [4.78, 5) is 15.4. The molecule has 0 saturated carbocycles. The highest BCUT2D eigenvalue weighted by molar-refractivity contribution is 8.27. The Kier molecular flexibility index (Phi) is 5.15. The summed E-state index contributed by atoms with van der Waals surface area (Å²) in [6, 6.07) is 19.6. The number of thiocarbonyl (C=S) groups is 1. The van der Waals surface area contributed by atoms with Crippen LogP contribution in [0.1, 0.15) is 5.76 Å². The number of nitrogens with zero attached hydrogens (tertiary/aromatic N) is 1. The van der Waals surface area contributed by atoms with E-state index in [1.807, 2.05) is 36.4 Å². The molecule has 3 nitrogen and oxygen atoms in total. The Morgan fingerprint density at radius 1 is 1.04 bits per heavy atom. The molecule has 7 heteroatoms. The van der Waals surface area contributed by atoms with Gasteiger partial charge in [0.1, 0.15) is 11.6 Å². The third-order valence-electron chi connectivity index (χ3n) is 3.72. The number of anilines is 1. The van der Waals surface area contributed by atoms with Gasteiger partial charge in [-0.15, -0.1) is 0 Å². The monoisotopic (exact) mass is 413 g/mol. The van der Waals surface area contributed by atoms with Crippen LogP contribution in [0.5, 0.6) is 0 Å². The number of carbonyl (C=O) groups excluding carboxylic acids is 1. The molecule has 2 aromatic carbocycles. The maximum atomic E-state index is 14.0. The minimum atomic E-state index is -0.491. The average Bonchev–Trinajstić information content (AvgIpc) is 3.21. The van der Waals surface area contributed by atoms with Gasteiger partial charge in [-0.2, -0.15) is 0 Å². The van der Waals surface area contributed by atoms with Crippen molar-refractivity contribution < 1.29 is 13.6 Å². The number of hydrogen-bond acceptors (Lipinski definition) is 5. The van der Waals surface area contributed by atoms with E-state index in [1.54, 1.807) is 24.3 Å². The molecule has 0 atom stereocenters. The lowest BCUT2D eigenvalue weighted by Crippen LogP contribution is -2.28. The molecule has 0 bridgehead atoms. The molecular weight excluding hydrogens is 401 g/mol. The molecule has 3 aromatic rings. The zero-order valence-electron chi connectivity index (χ0n) is 13.8. The van der Waals surface area contributed by atoms with Gasteiger partial charge in [0.05, 0.1) is 10.6 Å². The first-order valence-corrected chi connectivity index (χ1v) is 10.0. The molecule has 0 unspecified atom stereocenters. The molecule has 2 heterocycles. The number of halogens is 1. The maximum Gasteiger partial charge on any atom is 0.270 e. The minimum Gasteiger partial charge on any atom is -0.450 e. The summed E-state index contributed by atoms with van der Waals surface area (Å²) in [5, 5.41) is 0.719. The number of amides is 1. The van der Waals surface area contributed by atoms with Crippen molar-refractivity contribution in [2.45, 2.75) is 9.99 Å². The summed E-state index contributed by atoms with van der Waals surface area (Å²) >= 11 is 7.89. The summed E-state index contributed by atoms with van der Waals surface area (Å²) < 4.78 is 20.1. The van der Waals surface area contributed by atoms with Crippen LogP contribution in [0.2, 0.25) is 0 Å². The van der Waals surface area contributed by atoms with Crippen LogP contribution in [0.15, 0.2) is 86.0 Å². The third kappa shape index (κ3) is 3.85. The number of benzene rings is 2. The molecule has 1 aliphatic heterocycles. The van der Waals surface area contributed by atoms with E-state index in [9.17, 15) is 9.18 Å². The molecule has 1 aromatic heterocycles. The Hall–Kier alpha value is -2.35. The van der Waals surface area contributed by atoms with Crippen LogP contribution in [-0.2, 0) is 4.79 Å². The van der Waals surface area contributed by atoms with Gasteiger partial charge in [0, 0.05) is 11.0 Å². The van der Waals surface area contributed by atoms with Crippen molar-refractivity contribution in [3.8, 4) is 0 Å². The van der Waals surface area contributed by atoms with Gasteiger partial charge >= 0.3 is 0 Å². The van der Waals surface area contributed by atoms with E-state index in [-0.39, 0.29) is 11.6 Å². The van der Waals surface area contributed by atoms with E-state index in [2.05, 4.69) is 0 Å². The Labute approximate surface area is 169 Å². The van der Waals surface area contributed by atoms with Crippen LogP contribution < -0.4 is 4.90 Å². The fourth-order valence-electron chi connectivity index (χ4n) is 2.51. The quantitative estimate of drug-likeness (QED) is 0.388. The summed E-state index contributed by atoms with van der Waals surface area (Å²) in [5.41, 5.74) is 0.156. The highest BCUT2D eigenvalue weighted by Crippen LogP contribution is 2.37. The van der Waals surface area contributed by atoms with Crippen LogP contribution in [0, 0.1) is 5.82 Å². The molecule has 1 saturated heterocycles. The first-order valence-electron chi connectivity index (χ1n) is 7.97. The van der Waals surface area contributed by atoms with E-state index in [4.69, 9.17) is 16.6 Å². The first kappa shape index (κ1) is 18.0.